The molecule has 45 heavy (non-hydrogen) atoms. The standard InChI is InChI=1S/C32H42N4O9/c1-23-20-34-30(35-26-3-2-25-21-33-7-6-24(25)18-26)19-28(23)44-16-14-42-12-10-40-8-9-41-11-13-43-15-17-45-29(22-37)27-4-5-31(38)36-32(27)39/h2-3,6-7,18-21,27,29,37H,4-5,8-17,22H2,1H3,(H,34,35)(H,36,38,39). The third kappa shape index (κ3) is 11.6. The van der Waals surface area contributed by atoms with Crippen LogP contribution in [0.15, 0.2) is 48.9 Å². The quantitative estimate of drug-likeness (QED) is 0.117. The summed E-state index contributed by atoms with van der Waals surface area (Å²) in [5.74, 6) is 0.196. The largest absolute Gasteiger partial charge is 0.491 e. The average molecular weight is 627 g/mol. The topological polar surface area (TPSA) is 160 Å². The predicted octanol–water partition coefficient (Wildman–Crippen LogP) is 2.56. The number of benzene rings is 1. The molecule has 2 aromatic heterocycles. The lowest BCUT2D eigenvalue weighted by atomic mass is 9.93. The number of fused-ring (bicyclic) bond motifs is 1. The van der Waals surface area contributed by atoms with Gasteiger partial charge in [-0.15, -0.1) is 0 Å². The molecule has 3 N–H and O–H groups in total. The summed E-state index contributed by atoms with van der Waals surface area (Å²) in [6.07, 6.45) is 5.34. The predicted molar refractivity (Wildman–Crippen MR) is 165 cm³/mol. The first-order valence-electron chi connectivity index (χ1n) is 15.1. The number of aryl methyl sites for hydroxylation is 1. The van der Waals surface area contributed by atoms with Crippen molar-refractivity contribution < 1.29 is 43.1 Å². The Labute approximate surface area is 262 Å². The number of carbonyl (C=O) groups excluding carboxylic acids is 2. The van der Waals surface area contributed by atoms with Gasteiger partial charge in [-0.2, -0.15) is 0 Å². The van der Waals surface area contributed by atoms with Crippen molar-refractivity contribution in [3.63, 3.8) is 0 Å². The number of pyridine rings is 2. The van der Waals surface area contributed by atoms with Crippen LogP contribution in [0.3, 0.4) is 0 Å². The van der Waals surface area contributed by atoms with E-state index in [1.807, 2.05) is 37.4 Å². The van der Waals surface area contributed by atoms with Crippen molar-refractivity contribution in [2.24, 2.45) is 5.92 Å². The number of carbonyl (C=O) groups is 2. The van der Waals surface area contributed by atoms with E-state index in [9.17, 15) is 14.7 Å². The fourth-order valence-electron chi connectivity index (χ4n) is 4.63. The van der Waals surface area contributed by atoms with E-state index in [0.717, 1.165) is 27.8 Å². The molecule has 0 bridgehead atoms. The number of nitrogens with zero attached hydrogens (tertiary/aromatic N) is 2. The summed E-state index contributed by atoms with van der Waals surface area (Å²) in [5, 5.41) is 17.3. The third-order valence-corrected chi connectivity index (χ3v) is 7.04. The molecule has 13 nitrogen and oxygen atoms in total. The average Bonchev–Trinajstić information content (AvgIpc) is 3.04. The molecule has 13 heteroatoms. The van der Waals surface area contributed by atoms with Crippen LogP contribution in [-0.4, -0.2) is 106 Å². The number of hydrogen-bond donors (Lipinski definition) is 3. The van der Waals surface area contributed by atoms with E-state index in [-0.39, 0.29) is 25.5 Å². The van der Waals surface area contributed by atoms with Gasteiger partial charge in [-0.1, -0.05) is 6.07 Å². The lowest BCUT2D eigenvalue weighted by Gasteiger charge is -2.27. The van der Waals surface area contributed by atoms with E-state index >= 15 is 0 Å². The highest BCUT2D eigenvalue weighted by molar-refractivity contribution is 5.98. The van der Waals surface area contributed by atoms with Gasteiger partial charge in [0.25, 0.3) is 0 Å². The summed E-state index contributed by atoms with van der Waals surface area (Å²) in [6, 6.07) is 9.92. The Morgan fingerprint density at radius 1 is 0.889 bits per heavy atom. The van der Waals surface area contributed by atoms with Crippen molar-refractivity contribution in [1.82, 2.24) is 15.3 Å². The molecule has 3 heterocycles. The van der Waals surface area contributed by atoms with E-state index in [1.165, 1.54) is 0 Å². The highest BCUT2D eigenvalue weighted by Crippen LogP contribution is 2.25. The molecule has 3 aromatic rings. The zero-order valence-electron chi connectivity index (χ0n) is 25.6. The van der Waals surface area contributed by atoms with Gasteiger partial charge in [-0.25, -0.2) is 4.98 Å². The molecule has 1 fully saturated rings. The Morgan fingerprint density at radius 3 is 2.27 bits per heavy atom. The molecule has 0 radical (unpaired) electrons. The van der Waals surface area contributed by atoms with Crippen LogP contribution in [0.1, 0.15) is 18.4 Å². The molecule has 0 saturated carbocycles. The van der Waals surface area contributed by atoms with Crippen molar-refractivity contribution in [2.75, 3.05) is 78.0 Å². The number of ether oxygens (including phenoxy) is 6. The maximum absolute atomic E-state index is 11.9. The van der Waals surface area contributed by atoms with Gasteiger partial charge in [-0.05, 0) is 36.9 Å². The van der Waals surface area contributed by atoms with Gasteiger partial charge < -0.3 is 38.8 Å². The first-order valence-corrected chi connectivity index (χ1v) is 15.1. The third-order valence-electron chi connectivity index (χ3n) is 7.04. The van der Waals surface area contributed by atoms with Crippen LogP contribution in [0.2, 0.25) is 0 Å². The Bertz CT molecular complexity index is 1360. The molecule has 244 valence electrons. The minimum Gasteiger partial charge on any atom is -0.491 e. The lowest BCUT2D eigenvalue weighted by molar-refractivity contribution is -0.143. The first kappa shape index (κ1) is 34.2. The Hall–Kier alpha value is -3.72. The van der Waals surface area contributed by atoms with Crippen LogP contribution in [-0.2, 0) is 33.3 Å². The smallest absolute Gasteiger partial charge is 0.232 e. The number of piperidine rings is 1. The normalized spacial score (nSPS) is 15.6. The van der Waals surface area contributed by atoms with Gasteiger partial charge in [0, 0.05) is 47.7 Å². The van der Waals surface area contributed by atoms with Gasteiger partial charge in [0.15, 0.2) is 0 Å². The number of rotatable bonds is 21. The second-order valence-corrected chi connectivity index (χ2v) is 10.3. The minimum atomic E-state index is -0.659. The van der Waals surface area contributed by atoms with Crippen molar-refractivity contribution in [2.45, 2.75) is 25.9 Å². The van der Waals surface area contributed by atoms with Crippen LogP contribution in [0.25, 0.3) is 10.8 Å². The van der Waals surface area contributed by atoms with Gasteiger partial charge in [0.05, 0.1) is 78.1 Å². The van der Waals surface area contributed by atoms with E-state index in [2.05, 4.69) is 26.7 Å². The van der Waals surface area contributed by atoms with Crippen LogP contribution in [0.5, 0.6) is 5.75 Å². The number of nitrogens with one attached hydrogen (secondary N) is 2. The highest BCUT2D eigenvalue weighted by Gasteiger charge is 2.33. The zero-order valence-corrected chi connectivity index (χ0v) is 25.6. The second-order valence-electron chi connectivity index (χ2n) is 10.3. The Kier molecular flexibility index (Phi) is 14.4. The minimum absolute atomic E-state index is 0.224. The molecule has 1 aromatic carbocycles. The number of aliphatic hydroxyl groups is 1. The number of aromatic nitrogens is 2. The molecular weight excluding hydrogens is 584 g/mol. The monoisotopic (exact) mass is 626 g/mol. The summed E-state index contributed by atoms with van der Waals surface area (Å²) in [5.41, 5.74) is 1.87. The number of aliphatic hydroxyl groups excluding tert-OH is 1. The molecule has 4 rings (SSSR count). The van der Waals surface area contributed by atoms with Crippen molar-refractivity contribution in [3.8, 4) is 5.75 Å². The molecule has 2 unspecified atom stereocenters. The molecule has 1 saturated heterocycles. The molecule has 1 aliphatic rings. The van der Waals surface area contributed by atoms with Crippen molar-refractivity contribution >= 4 is 34.1 Å². The molecule has 0 spiro atoms. The number of hydrogen-bond acceptors (Lipinski definition) is 12. The number of imide groups is 1. The molecule has 2 amide bonds. The molecular formula is C32H42N4O9. The number of anilines is 2. The maximum atomic E-state index is 11.9. The van der Waals surface area contributed by atoms with Crippen molar-refractivity contribution in [3.05, 3.63) is 54.5 Å². The van der Waals surface area contributed by atoms with Crippen LogP contribution >= 0.6 is 0 Å². The Balaban J connectivity index is 0.964. The first-order chi connectivity index (χ1) is 22.0. The maximum Gasteiger partial charge on any atom is 0.232 e. The van der Waals surface area contributed by atoms with E-state index < -0.39 is 17.9 Å². The summed E-state index contributed by atoms with van der Waals surface area (Å²) >= 11 is 0. The molecule has 0 aliphatic carbocycles. The van der Waals surface area contributed by atoms with Crippen LogP contribution in [0.4, 0.5) is 11.5 Å². The molecule has 1 aliphatic heterocycles. The lowest BCUT2D eigenvalue weighted by Crippen LogP contribution is -2.47. The van der Waals surface area contributed by atoms with Crippen molar-refractivity contribution in [1.29, 1.82) is 0 Å². The summed E-state index contributed by atoms with van der Waals surface area (Å²) in [6.45, 7) is 5.54. The van der Waals surface area contributed by atoms with Gasteiger partial charge in [-0.3, -0.25) is 19.9 Å². The highest BCUT2D eigenvalue weighted by atomic mass is 16.6. The summed E-state index contributed by atoms with van der Waals surface area (Å²) in [4.78, 5) is 31.8. The summed E-state index contributed by atoms with van der Waals surface area (Å²) in [7, 11) is 0. The van der Waals surface area contributed by atoms with Gasteiger partial charge in [0.2, 0.25) is 11.8 Å². The number of amides is 2. The molecule has 2 atom stereocenters. The Morgan fingerprint density at radius 2 is 1.58 bits per heavy atom. The van der Waals surface area contributed by atoms with Gasteiger partial charge >= 0.3 is 0 Å². The summed E-state index contributed by atoms with van der Waals surface area (Å²) < 4.78 is 33.6. The zero-order chi connectivity index (χ0) is 31.7. The van der Waals surface area contributed by atoms with E-state index in [4.69, 9.17) is 28.4 Å². The van der Waals surface area contributed by atoms with Gasteiger partial charge in [0.1, 0.15) is 18.2 Å². The van der Waals surface area contributed by atoms with Crippen LogP contribution < -0.4 is 15.4 Å². The SMILES string of the molecule is Cc1cnc(Nc2ccc3cnccc3c2)cc1OCCOCCOCCOCCOCCOC(CO)C1CCC(=O)NC1=O. The van der Waals surface area contributed by atoms with E-state index in [1.54, 1.807) is 12.4 Å². The fraction of sp³-hybridized carbons (Fsp3) is 0.500. The van der Waals surface area contributed by atoms with Crippen LogP contribution in [0, 0.1) is 12.8 Å². The van der Waals surface area contributed by atoms with E-state index in [0.29, 0.717) is 71.7 Å². The second kappa shape index (κ2) is 18.9. The fourth-order valence-corrected chi connectivity index (χ4v) is 4.63.